The van der Waals surface area contributed by atoms with Crippen molar-refractivity contribution >= 4 is 0 Å². The van der Waals surface area contributed by atoms with Gasteiger partial charge in [0.05, 0.1) is 0 Å². The standard InChI is InChI=1S/C19H38N2/c1-5-6-7-8-9-10-11-12-13-14-15-21-17-16-20(4)19(21)18(2)3/h16-19H,5-15H2,1-4H3. The molecule has 1 rings (SSSR count). The minimum atomic E-state index is 0.573. The van der Waals surface area contributed by atoms with Gasteiger partial charge in [0.25, 0.3) is 0 Å². The minimum Gasteiger partial charge on any atom is -0.359 e. The Bertz CT molecular complexity index is 273. The van der Waals surface area contributed by atoms with Crippen LogP contribution in [0.1, 0.15) is 85.0 Å². The van der Waals surface area contributed by atoms with Crippen molar-refractivity contribution in [3.05, 3.63) is 12.4 Å². The molecule has 0 saturated carbocycles. The van der Waals surface area contributed by atoms with E-state index in [1.54, 1.807) is 0 Å². The van der Waals surface area contributed by atoms with Gasteiger partial charge in [0, 0.05) is 26.0 Å². The maximum atomic E-state index is 2.52. The Kier molecular flexibility index (Phi) is 9.62. The van der Waals surface area contributed by atoms with Crippen molar-refractivity contribution in [1.29, 1.82) is 0 Å². The predicted octanol–water partition coefficient (Wildman–Crippen LogP) is 5.61. The summed E-state index contributed by atoms with van der Waals surface area (Å²) in [4.78, 5) is 4.87. The highest BCUT2D eigenvalue weighted by molar-refractivity contribution is 4.96. The van der Waals surface area contributed by atoms with Crippen LogP contribution in [0.3, 0.4) is 0 Å². The third-order valence-corrected chi connectivity index (χ3v) is 4.62. The summed E-state index contributed by atoms with van der Waals surface area (Å²) < 4.78 is 0. The molecule has 2 nitrogen and oxygen atoms in total. The second kappa shape index (κ2) is 11.0. The molecule has 1 aliphatic heterocycles. The number of hydrogen-bond donors (Lipinski definition) is 0. The molecule has 21 heavy (non-hydrogen) atoms. The average Bonchev–Trinajstić information content (AvgIpc) is 2.82. The highest BCUT2D eigenvalue weighted by atomic mass is 15.4. The first-order valence-corrected chi connectivity index (χ1v) is 9.32. The Balaban J connectivity index is 1.96. The van der Waals surface area contributed by atoms with Gasteiger partial charge in [0.15, 0.2) is 0 Å². The second-order valence-electron chi connectivity index (χ2n) is 7.04. The molecular weight excluding hydrogens is 256 g/mol. The Morgan fingerprint density at radius 2 is 1.33 bits per heavy atom. The zero-order chi connectivity index (χ0) is 15.5. The fourth-order valence-electron chi connectivity index (χ4n) is 3.44. The largest absolute Gasteiger partial charge is 0.359 e. The molecule has 0 aromatic heterocycles. The van der Waals surface area contributed by atoms with Gasteiger partial charge in [0.1, 0.15) is 6.17 Å². The van der Waals surface area contributed by atoms with Crippen molar-refractivity contribution in [3.63, 3.8) is 0 Å². The van der Waals surface area contributed by atoms with E-state index in [1.165, 1.54) is 70.8 Å². The minimum absolute atomic E-state index is 0.573. The second-order valence-corrected chi connectivity index (χ2v) is 7.04. The first-order valence-electron chi connectivity index (χ1n) is 9.32. The molecule has 1 heterocycles. The summed E-state index contributed by atoms with van der Waals surface area (Å²) in [6.45, 7) is 8.15. The van der Waals surface area contributed by atoms with Crippen LogP contribution in [-0.4, -0.2) is 29.6 Å². The van der Waals surface area contributed by atoms with Crippen LogP contribution in [0.5, 0.6) is 0 Å². The van der Waals surface area contributed by atoms with E-state index >= 15 is 0 Å². The van der Waals surface area contributed by atoms with Crippen molar-refractivity contribution in [1.82, 2.24) is 9.80 Å². The molecule has 1 unspecified atom stereocenters. The van der Waals surface area contributed by atoms with Crippen LogP contribution in [0.15, 0.2) is 12.4 Å². The van der Waals surface area contributed by atoms with E-state index in [0.29, 0.717) is 12.1 Å². The molecule has 0 amide bonds. The molecule has 0 spiro atoms. The van der Waals surface area contributed by atoms with Crippen LogP contribution in [0.25, 0.3) is 0 Å². The van der Waals surface area contributed by atoms with Crippen LogP contribution in [-0.2, 0) is 0 Å². The lowest BCUT2D eigenvalue weighted by Gasteiger charge is -2.33. The highest BCUT2D eigenvalue weighted by Gasteiger charge is 2.25. The number of rotatable bonds is 12. The summed E-state index contributed by atoms with van der Waals surface area (Å²) in [7, 11) is 2.19. The fraction of sp³-hybridized carbons (Fsp3) is 0.895. The third-order valence-electron chi connectivity index (χ3n) is 4.62. The molecule has 1 atom stereocenters. The first kappa shape index (κ1) is 18.4. The fourth-order valence-corrected chi connectivity index (χ4v) is 3.44. The number of unbranched alkanes of at least 4 members (excludes halogenated alkanes) is 9. The topological polar surface area (TPSA) is 6.48 Å². The van der Waals surface area contributed by atoms with Crippen LogP contribution in [0.2, 0.25) is 0 Å². The molecule has 0 aliphatic carbocycles. The van der Waals surface area contributed by atoms with Crippen molar-refractivity contribution in [2.45, 2.75) is 91.1 Å². The summed E-state index contributed by atoms with van der Waals surface area (Å²) in [5, 5.41) is 0. The summed E-state index contributed by atoms with van der Waals surface area (Å²) in [6.07, 6.45) is 19.3. The van der Waals surface area contributed by atoms with Crippen LogP contribution in [0.4, 0.5) is 0 Å². The molecule has 0 saturated heterocycles. The lowest BCUT2D eigenvalue weighted by molar-refractivity contribution is 0.125. The van der Waals surface area contributed by atoms with Crippen molar-refractivity contribution in [3.8, 4) is 0 Å². The van der Waals surface area contributed by atoms with E-state index in [2.05, 4.69) is 50.0 Å². The zero-order valence-corrected chi connectivity index (χ0v) is 15.0. The lowest BCUT2D eigenvalue weighted by Crippen LogP contribution is -2.41. The molecule has 0 radical (unpaired) electrons. The molecule has 0 N–H and O–H groups in total. The third kappa shape index (κ3) is 7.24. The maximum Gasteiger partial charge on any atom is 0.103 e. The zero-order valence-electron chi connectivity index (χ0n) is 15.0. The maximum absolute atomic E-state index is 2.52. The quantitative estimate of drug-likeness (QED) is 0.432. The normalized spacial score (nSPS) is 18.2. The summed E-state index contributed by atoms with van der Waals surface area (Å²) in [5.74, 6) is 0.688. The number of nitrogens with zero attached hydrogens (tertiary/aromatic N) is 2. The Morgan fingerprint density at radius 3 is 1.86 bits per heavy atom. The van der Waals surface area contributed by atoms with Crippen molar-refractivity contribution in [2.24, 2.45) is 5.92 Å². The van der Waals surface area contributed by atoms with Crippen LogP contribution < -0.4 is 0 Å². The summed E-state index contributed by atoms with van der Waals surface area (Å²) in [5.41, 5.74) is 0. The van der Waals surface area contributed by atoms with E-state index in [1.807, 2.05) is 0 Å². The molecule has 0 bridgehead atoms. The van der Waals surface area contributed by atoms with E-state index in [0.717, 1.165) is 0 Å². The van der Waals surface area contributed by atoms with Gasteiger partial charge < -0.3 is 9.80 Å². The molecule has 0 aromatic carbocycles. The van der Waals surface area contributed by atoms with Crippen LogP contribution >= 0.6 is 0 Å². The van der Waals surface area contributed by atoms with Crippen LogP contribution in [0, 0.1) is 5.92 Å². The van der Waals surface area contributed by atoms with Gasteiger partial charge in [0.2, 0.25) is 0 Å². The van der Waals surface area contributed by atoms with E-state index < -0.39 is 0 Å². The number of hydrogen-bond acceptors (Lipinski definition) is 2. The Labute approximate surface area is 133 Å². The lowest BCUT2D eigenvalue weighted by atomic mass is 10.1. The van der Waals surface area contributed by atoms with Gasteiger partial charge in [-0.25, -0.2) is 0 Å². The molecule has 0 aromatic rings. The van der Waals surface area contributed by atoms with Gasteiger partial charge in [-0.2, -0.15) is 0 Å². The molecule has 0 fully saturated rings. The Morgan fingerprint density at radius 1 is 0.810 bits per heavy atom. The highest BCUT2D eigenvalue weighted by Crippen LogP contribution is 2.21. The van der Waals surface area contributed by atoms with E-state index in [-0.39, 0.29) is 0 Å². The molecule has 124 valence electrons. The molecule has 2 heteroatoms. The SMILES string of the molecule is CCCCCCCCCCCCN1C=CN(C)C1C(C)C. The van der Waals surface area contributed by atoms with Gasteiger partial charge >= 0.3 is 0 Å². The smallest absolute Gasteiger partial charge is 0.103 e. The average molecular weight is 295 g/mol. The predicted molar refractivity (Wildman–Crippen MR) is 94.1 cm³/mol. The van der Waals surface area contributed by atoms with E-state index in [9.17, 15) is 0 Å². The van der Waals surface area contributed by atoms with Gasteiger partial charge in [-0.1, -0.05) is 78.6 Å². The Hall–Kier alpha value is -0.660. The monoisotopic (exact) mass is 294 g/mol. The summed E-state index contributed by atoms with van der Waals surface area (Å²) >= 11 is 0. The van der Waals surface area contributed by atoms with Crippen molar-refractivity contribution < 1.29 is 0 Å². The first-order chi connectivity index (χ1) is 10.2. The molecule has 1 aliphatic rings. The van der Waals surface area contributed by atoms with Gasteiger partial charge in [-0.15, -0.1) is 0 Å². The summed E-state index contributed by atoms with van der Waals surface area (Å²) in [6, 6.07) is 0. The van der Waals surface area contributed by atoms with Gasteiger partial charge in [-0.3, -0.25) is 0 Å². The van der Waals surface area contributed by atoms with E-state index in [4.69, 9.17) is 0 Å². The van der Waals surface area contributed by atoms with Gasteiger partial charge in [-0.05, 0) is 12.3 Å². The molecular formula is C19H38N2. The van der Waals surface area contributed by atoms with Crippen molar-refractivity contribution in [2.75, 3.05) is 13.6 Å².